The number of aliphatic hydroxyl groups is 1. The van der Waals surface area contributed by atoms with Gasteiger partial charge in [-0.05, 0) is 77.4 Å². The Morgan fingerprint density at radius 1 is 1.19 bits per heavy atom. The van der Waals surface area contributed by atoms with E-state index in [1.54, 1.807) is 6.20 Å². The molecule has 3 heterocycles. The summed E-state index contributed by atoms with van der Waals surface area (Å²) in [6.07, 6.45) is 10.3. The summed E-state index contributed by atoms with van der Waals surface area (Å²) < 4.78 is 1.88. The van der Waals surface area contributed by atoms with Crippen LogP contribution in [0.25, 0.3) is 10.9 Å². The Labute approximate surface area is 213 Å². The number of hydrogen-bond donors (Lipinski definition) is 2. The second-order valence-corrected chi connectivity index (χ2v) is 10.9. The molecule has 1 amide bonds. The molecular weight excluding hydrogens is 456 g/mol. The highest BCUT2D eigenvalue weighted by atomic mass is 16.3. The molecule has 1 aliphatic heterocycles. The average molecular weight is 499 g/mol. The number of carbonyl (C=O) groups excluding carboxylic acids is 1. The van der Waals surface area contributed by atoms with E-state index in [-0.39, 0.29) is 35.6 Å². The molecule has 2 N–H and O–H groups in total. The molecule has 9 heteroatoms. The summed E-state index contributed by atoms with van der Waals surface area (Å²) in [5.74, 6) is 0.947. The van der Waals surface area contributed by atoms with Crippen molar-refractivity contribution in [2.45, 2.75) is 89.3 Å². The van der Waals surface area contributed by atoms with E-state index in [1.165, 1.54) is 0 Å². The summed E-state index contributed by atoms with van der Waals surface area (Å²) in [6.45, 7) is 5.99. The minimum absolute atomic E-state index is 0.0422. The van der Waals surface area contributed by atoms with Crippen LogP contribution in [-0.4, -0.2) is 81.2 Å². The monoisotopic (exact) mass is 498 g/mol. The van der Waals surface area contributed by atoms with E-state index in [1.807, 2.05) is 34.7 Å². The molecule has 2 fully saturated rings. The van der Waals surface area contributed by atoms with Gasteiger partial charge in [0.05, 0.1) is 23.6 Å². The standard InChI is InChI=1S/C27H42N6O3/c1-5-6-18(2)29-27-28-15-22-25(30-27)23(19-7-9-21(34)10-8-19)16-33(26(22)36)20-11-13-32(14-12-20)24(35)17-31(3)4/h15-16,18-21,34H,5-14,17H2,1-4H3,(H,28,29,30). The van der Waals surface area contributed by atoms with Crippen LogP contribution in [0.15, 0.2) is 17.2 Å². The lowest BCUT2D eigenvalue weighted by Crippen LogP contribution is -2.44. The fourth-order valence-electron chi connectivity index (χ4n) is 5.68. The first-order valence-electron chi connectivity index (χ1n) is 13.6. The SMILES string of the molecule is CCCC(C)Nc1ncc2c(=O)n(C3CCN(C(=O)CN(C)C)CC3)cc(C3CCC(O)CC3)c2n1. The first-order valence-corrected chi connectivity index (χ1v) is 13.6. The molecule has 198 valence electrons. The molecule has 9 nitrogen and oxygen atoms in total. The van der Waals surface area contributed by atoms with Gasteiger partial charge in [-0.3, -0.25) is 9.59 Å². The highest BCUT2D eigenvalue weighted by Gasteiger charge is 2.29. The molecule has 36 heavy (non-hydrogen) atoms. The lowest BCUT2D eigenvalue weighted by Gasteiger charge is -2.34. The van der Waals surface area contributed by atoms with Gasteiger partial charge in [-0.15, -0.1) is 0 Å². The number of anilines is 1. The molecule has 0 spiro atoms. The van der Waals surface area contributed by atoms with Gasteiger partial charge in [0.25, 0.3) is 5.56 Å². The van der Waals surface area contributed by atoms with Crippen LogP contribution in [0.2, 0.25) is 0 Å². The summed E-state index contributed by atoms with van der Waals surface area (Å²) in [7, 11) is 3.80. The van der Waals surface area contributed by atoms with Gasteiger partial charge in [0, 0.05) is 37.6 Å². The number of aliphatic hydroxyl groups excluding tert-OH is 1. The van der Waals surface area contributed by atoms with Crippen molar-refractivity contribution in [1.82, 2.24) is 24.3 Å². The Kier molecular flexibility index (Phi) is 8.62. The van der Waals surface area contributed by atoms with Crippen molar-refractivity contribution in [3.05, 3.63) is 28.3 Å². The lowest BCUT2D eigenvalue weighted by atomic mass is 9.82. The van der Waals surface area contributed by atoms with Crippen molar-refractivity contribution in [2.75, 3.05) is 39.0 Å². The summed E-state index contributed by atoms with van der Waals surface area (Å²) in [4.78, 5) is 39.3. The van der Waals surface area contributed by atoms with E-state index in [0.29, 0.717) is 31.0 Å². The number of aromatic nitrogens is 3. The first kappa shape index (κ1) is 26.5. The van der Waals surface area contributed by atoms with Crippen molar-refractivity contribution in [2.24, 2.45) is 0 Å². The molecule has 0 bridgehead atoms. The number of nitrogens with zero attached hydrogens (tertiary/aromatic N) is 5. The van der Waals surface area contributed by atoms with E-state index < -0.39 is 0 Å². The van der Waals surface area contributed by atoms with Crippen LogP contribution in [0.4, 0.5) is 5.95 Å². The summed E-state index contributed by atoms with van der Waals surface area (Å²) in [6, 6.07) is 0.294. The number of piperidine rings is 1. The van der Waals surface area contributed by atoms with Gasteiger partial charge in [-0.1, -0.05) is 13.3 Å². The third-order valence-electron chi connectivity index (χ3n) is 7.70. The lowest BCUT2D eigenvalue weighted by molar-refractivity contribution is -0.133. The number of likely N-dealkylation sites (tertiary alicyclic amines) is 1. The maximum atomic E-state index is 13.6. The van der Waals surface area contributed by atoms with Crippen LogP contribution in [0.1, 0.15) is 82.7 Å². The van der Waals surface area contributed by atoms with E-state index in [4.69, 9.17) is 4.98 Å². The second kappa shape index (κ2) is 11.7. The fourth-order valence-corrected chi connectivity index (χ4v) is 5.68. The zero-order valence-corrected chi connectivity index (χ0v) is 22.2. The molecule has 0 aromatic carbocycles. The van der Waals surface area contributed by atoms with Crippen LogP contribution in [0.3, 0.4) is 0 Å². The van der Waals surface area contributed by atoms with Crippen molar-refractivity contribution in [1.29, 1.82) is 0 Å². The Hall–Kier alpha value is -2.52. The topological polar surface area (TPSA) is 104 Å². The molecule has 1 saturated carbocycles. The molecule has 1 saturated heterocycles. The molecule has 4 rings (SSSR count). The van der Waals surface area contributed by atoms with Crippen molar-refractivity contribution >= 4 is 22.8 Å². The van der Waals surface area contributed by atoms with Crippen LogP contribution in [0, 0.1) is 0 Å². The maximum absolute atomic E-state index is 13.6. The molecule has 2 aromatic rings. The van der Waals surface area contributed by atoms with E-state index in [0.717, 1.165) is 62.4 Å². The Morgan fingerprint density at radius 3 is 2.53 bits per heavy atom. The van der Waals surface area contributed by atoms with Gasteiger partial charge in [-0.25, -0.2) is 9.97 Å². The Morgan fingerprint density at radius 2 is 1.89 bits per heavy atom. The fraction of sp³-hybridized carbons (Fsp3) is 0.704. The number of fused-ring (bicyclic) bond motifs is 1. The number of hydrogen-bond acceptors (Lipinski definition) is 7. The number of carbonyl (C=O) groups is 1. The number of pyridine rings is 1. The smallest absolute Gasteiger partial charge is 0.261 e. The van der Waals surface area contributed by atoms with Gasteiger partial charge < -0.3 is 24.8 Å². The van der Waals surface area contributed by atoms with Gasteiger partial charge in [0.15, 0.2) is 0 Å². The third-order valence-corrected chi connectivity index (χ3v) is 7.70. The van der Waals surface area contributed by atoms with Crippen LogP contribution in [0.5, 0.6) is 0 Å². The molecule has 1 atom stereocenters. The van der Waals surface area contributed by atoms with Crippen LogP contribution >= 0.6 is 0 Å². The number of amides is 1. The summed E-state index contributed by atoms with van der Waals surface area (Å²) >= 11 is 0. The number of nitrogens with one attached hydrogen (secondary N) is 1. The second-order valence-electron chi connectivity index (χ2n) is 10.9. The normalized spacial score (nSPS) is 22.2. The molecule has 1 aliphatic carbocycles. The van der Waals surface area contributed by atoms with Crippen LogP contribution in [-0.2, 0) is 4.79 Å². The Bertz CT molecular complexity index is 1100. The minimum Gasteiger partial charge on any atom is -0.393 e. The van der Waals surface area contributed by atoms with Gasteiger partial charge in [0.1, 0.15) is 0 Å². The maximum Gasteiger partial charge on any atom is 0.261 e. The molecule has 2 aromatic heterocycles. The van der Waals surface area contributed by atoms with E-state index in [9.17, 15) is 14.7 Å². The molecule has 0 radical (unpaired) electrons. The highest BCUT2D eigenvalue weighted by molar-refractivity contribution is 5.81. The molecule has 1 unspecified atom stereocenters. The predicted octanol–water partition coefficient (Wildman–Crippen LogP) is 3.14. The van der Waals surface area contributed by atoms with Crippen LogP contribution < -0.4 is 10.9 Å². The number of likely N-dealkylation sites (N-methyl/N-ethyl adjacent to an activating group) is 1. The van der Waals surface area contributed by atoms with E-state index >= 15 is 0 Å². The largest absolute Gasteiger partial charge is 0.393 e. The van der Waals surface area contributed by atoms with Gasteiger partial charge in [0.2, 0.25) is 11.9 Å². The third kappa shape index (κ3) is 6.06. The zero-order chi connectivity index (χ0) is 25.8. The average Bonchev–Trinajstić information content (AvgIpc) is 2.85. The molecular formula is C27H42N6O3. The predicted molar refractivity (Wildman–Crippen MR) is 142 cm³/mol. The van der Waals surface area contributed by atoms with Crippen molar-refractivity contribution < 1.29 is 9.90 Å². The number of rotatable bonds is 8. The summed E-state index contributed by atoms with van der Waals surface area (Å²) in [5.41, 5.74) is 1.75. The molecule has 2 aliphatic rings. The van der Waals surface area contributed by atoms with Gasteiger partial charge in [-0.2, -0.15) is 0 Å². The van der Waals surface area contributed by atoms with E-state index in [2.05, 4.69) is 24.1 Å². The summed E-state index contributed by atoms with van der Waals surface area (Å²) in [5, 5.41) is 14.0. The van der Waals surface area contributed by atoms with Crippen molar-refractivity contribution in [3.8, 4) is 0 Å². The zero-order valence-electron chi connectivity index (χ0n) is 22.2. The minimum atomic E-state index is -0.246. The first-order chi connectivity index (χ1) is 17.3. The Balaban J connectivity index is 1.66. The quantitative estimate of drug-likeness (QED) is 0.576. The van der Waals surface area contributed by atoms with Crippen molar-refractivity contribution in [3.63, 3.8) is 0 Å². The highest BCUT2D eigenvalue weighted by Crippen LogP contribution is 2.36. The van der Waals surface area contributed by atoms with Gasteiger partial charge >= 0.3 is 0 Å².